The third-order valence-corrected chi connectivity index (χ3v) is 8.96. The molecule has 190 valence electrons. The molecular formula is C30H24N2O2S4. The molecule has 2 amide bonds. The van der Waals surface area contributed by atoms with Crippen LogP contribution in [0.4, 0.5) is 0 Å². The Balaban J connectivity index is 1.23. The van der Waals surface area contributed by atoms with Crippen LogP contribution in [0.15, 0.2) is 82.6 Å². The van der Waals surface area contributed by atoms with Crippen LogP contribution in [0.25, 0.3) is 12.2 Å². The van der Waals surface area contributed by atoms with Gasteiger partial charge in [0.1, 0.15) is 8.64 Å². The summed E-state index contributed by atoms with van der Waals surface area (Å²) in [6.07, 6.45) is 3.77. The highest BCUT2D eigenvalue weighted by atomic mass is 32.2. The Bertz CT molecular complexity index is 1380. The molecule has 2 saturated heterocycles. The van der Waals surface area contributed by atoms with Crippen molar-refractivity contribution < 1.29 is 9.59 Å². The van der Waals surface area contributed by atoms with Gasteiger partial charge in [-0.25, -0.2) is 0 Å². The predicted molar refractivity (Wildman–Crippen MR) is 166 cm³/mol. The zero-order valence-electron chi connectivity index (χ0n) is 20.8. The summed E-state index contributed by atoms with van der Waals surface area (Å²) in [6.45, 7) is 4.87. The van der Waals surface area contributed by atoms with Gasteiger partial charge < -0.3 is 0 Å². The second-order valence-corrected chi connectivity index (χ2v) is 12.5. The molecule has 2 fully saturated rings. The summed E-state index contributed by atoms with van der Waals surface area (Å²) >= 11 is 13.7. The molecule has 0 spiro atoms. The van der Waals surface area contributed by atoms with Crippen molar-refractivity contribution in [3.05, 3.63) is 116 Å². The minimum atomic E-state index is -0.0809. The van der Waals surface area contributed by atoms with E-state index in [4.69, 9.17) is 24.4 Å². The molecule has 0 radical (unpaired) electrons. The van der Waals surface area contributed by atoms with Crippen molar-refractivity contribution >= 4 is 80.6 Å². The number of benzene rings is 3. The van der Waals surface area contributed by atoms with Gasteiger partial charge in [0.2, 0.25) is 0 Å². The number of nitrogens with zero attached hydrogens (tertiary/aromatic N) is 2. The summed E-state index contributed by atoms with van der Waals surface area (Å²) in [5.74, 6) is -0.162. The van der Waals surface area contributed by atoms with Crippen LogP contribution in [0.2, 0.25) is 0 Å². The van der Waals surface area contributed by atoms with Crippen LogP contribution in [-0.2, 0) is 22.7 Å². The van der Waals surface area contributed by atoms with E-state index in [0.29, 0.717) is 31.5 Å². The lowest BCUT2D eigenvalue weighted by molar-refractivity contribution is -0.123. The molecule has 0 aromatic heterocycles. The lowest BCUT2D eigenvalue weighted by Crippen LogP contribution is -2.28. The van der Waals surface area contributed by atoms with E-state index in [2.05, 4.69) is 0 Å². The summed E-state index contributed by atoms with van der Waals surface area (Å²) in [4.78, 5) is 30.6. The van der Waals surface area contributed by atoms with E-state index < -0.39 is 0 Å². The molecular weight excluding hydrogens is 549 g/mol. The van der Waals surface area contributed by atoms with Gasteiger partial charge in [0.05, 0.1) is 22.9 Å². The highest BCUT2D eigenvalue weighted by Gasteiger charge is 2.33. The SMILES string of the molecule is Cc1ccc(/C=C2\SC(=S)N(Cc3ccc(CN4C(=O)/C(=C/c5ccc(C)cc5)SC4=S)cc3)C2=O)cc1. The van der Waals surface area contributed by atoms with Gasteiger partial charge in [-0.15, -0.1) is 0 Å². The number of rotatable bonds is 6. The first-order chi connectivity index (χ1) is 18.3. The molecule has 4 nitrogen and oxygen atoms in total. The highest BCUT2D eigenvalue weighted by Crippen LogP contribution is 2.35. The smallest absolute Gasteiger partial charge is 0.266 e. The average Bonchev–Trinajstić information content (AvgIpc) is 3.32. The standard InChI is InChI=1S/C30H24N2O2S4/c1-19-3-7-21(8-4-19)15-25-27(33)31(29(35)37-25)17-23-11-13-24(14-12-23)18-32-28(34)26(38-30(32)36)16-22-9-5-20(2)6-10-22/h3-16H,17-18H2,1-2H3/b25-15-,26-16-. The maximum absolute atomic E-state index is 13.0. The monoisotopic (exact) mass is 572 g/mol. The lowest BCUT2D eigenvalue weighted by atomic mass is 10.1. The van der Waals surface area contributed by atoms with Crippen molar-refractivity contribution in [2.24, 2.45) is 0 Å². The summed E-state index contributed by atoms with van der Waals surface area (Å²) in [6, 6.07) is 24.0. The summed E-state index contributed by atoms with van der Waals surface area (Å²) in [5, 5.41) is 0. The van der Waals surface area contributed by atoms with E-state index in [0.717, 1.165) is 22.3 Å². The molecule has 2 aliphatic heterocycles. The van der Waals surface area contributed by atoms with Crippen molar-refractivity contribution in [3.63, 3.8) is 0 Å². The molecule has 5 rings (SSSR count). The van der Waals surface area contributed by atoms with E-state index >= 15 is 0 Å². The minimum absolute atomic E-state index is 0.0809. The topological polar surface area (TPSA) is 40.6 Å². The first-order valence-electron chi connectivity index (χ1n) is 12.0. The molecule has 0 saturated carbocycles. The van der Waals surface area contributed by atoms with Gasteiger partial charge in [0, 0.05) is 0 Å². The second-order valence-electron chi connectivity index (χ2n) is 9.17. The average molecular weight is 573 g/mol. The fraction of sp³-hybridized carbons (Fsp3) is 0.133. The molecule has 0 N–H and O–H groups in total. The number of aryl methyl sites for hydroxylation is 2. The number of carbonyl (C=O) groups excluding carboxylic acids is 2. The second kappa shape index (κ2) is 11.4. The molecule has 2 heterocycles. The van der Waals surface area contributed by atoms with Crippen LogP contribution in [-0.4, -0.2) is 30.3 Å². The Hall–Kier alpha value is -3.04. The maximum Gasteiger partial charge on any atom is 0.266 e. The minimum Gasteiger partial charge on any atom is -0.288 e. The van der Waals surface area contributed by atoms with Gasteiger partial charge in [0.25, 0.3) is 11.8 Å². The third kappa shape index (κ3) is 5.99. The largest absolute Gasteiger partial charge is 0.288 e. The summed E-state index contributed by atoms with van der Waals surface area (Å²) in [7, 11) is 0. The Kier molecular flexibility index (Phi) is 7.95. The van der Waals surface area contributed by atoms with Gasteiger partial charge in [-0.1, -0.05) is 132 Å². The summed E-state index contributed by atoms with van der Waals surface area (Å²) < 4.78 is 1.10. The number of thioether (sulfide) groups is 2. The van der Waals surface area contributed by atoms with E-state index in [1.54, 1.807) is 9.80 Å². The van der Waals surface area contributed by atoms with Crippen LogP contribution < -0.4 is 0 Å². The van der Waals surface area contributed by atoms with E-state index in [1.165, 1.54) is 34.7 Å². The van der Waals surface area contributed by atoms with Gasteiger partial charge in [-0.2, -0.15) is 0 Å². The van der Waals surface area contributed by atoms with E-state index in [-0.39, 0.29) is 11.8 Å². The first kappa shape index (κ1) is 26.6. The van der Waals surface area contributed by atoms with Crippen LogP contribution >= 0.6 is 48.0 Å². The molecule has 3 aromatic carbocycles. The van der Waals surface area contributed by atoms with Crippen LogP contribution in [0, 0.1) is 13.8 Å². The fourth-order valence-corrected chi connectivity index (χ4v) is 6.53. The molecule has 2 aliphatic rings. The normalized spacial score (nSPS) is 17.9. The predicted octanol–water partition coefficient (Wildman–Crippen LogP) is 7.11. The van der Waals surface area contributed by atoms with Crippen molar-refractivity contribution in [2.45, 2.75) is 26.9 Å². The van der Waals surface area contributed by atoms with Crippen molar-refractivity contribution in [1.82, 2.24) is 9.80 Å². The fourth-order valence-electron chi connectivity index (χ4n) is 4.02. The number of carbonyl (C=O) groups is 2. The van der Waals surface area contributed by atoms with Crippen LogP contribution in [0.5, 0.6) is 0 Å². The number of amides is 2. The van der Waals surface area contributed by atoms with Gasteiger partial charge >= 0.3 is 0 Å². The van der Waals surface area contributed by atoms with Crippen LogP contribution in [0.3, 0.4) is 0 Å². The van der Waals surface area contributed by atoms with Crippen molar-refractivity contribution in [2.75, 3.05) is 0 Å². The number of thiocarbonyl (C=S) groups is 2. The zero-order valence-corrected chi connectivity index (χ0v) is 24.1. The van der Waals surface area contributed by atoms with E-state index in [9.17, 15) is 9.59 Å². The first-order valence-corrected chi connectivity index (χ1v) is 14.4. The third-order valence-electron chi connectivity index (χ3n) is 6.20. The highest BCUT2D eigenvalue weighted by molar-refractivity contribution is 8.27. The molecule has 0 atom stereocenters. The lowest BCUT2D eigenvalue weighted by Gasteiger charge is -2.17. The molecule has 0 bridgehead atoms. The Morgan fingerprint density at radius 3 is 1.29 bits per heavy atom. The molecule has 0 unspecified atom stereocenters. The Labute approximate surface area is 241 Å². The Morgan fingerprint density at radius 2 is 0.947 bits per heavy atom. The van der Waals surface area contributed by atoms with Crippen molar-refractivity contribution in [3.8, 4) is 0 Å². The van der Waals surface area contributed by atoms with Gasteiger partial charge in [-0.3, -0.25) is 19.4 Å². The molecule has 8 heteroatoms. The molecule has 3 aromatic rings. The molecule has 38 heavy (non-hydrogen) atoms. The number of hydrogen-bond acceptors (Lipinski definition) is 6. The quantitative estimate of drug-likeness (QED) is 0.232. The van der Waals surface area contributed by atoms with Crippen LogP contribution in [0.1, 0.15) is 33.4 Å². The number of hydrogen-bond donors (Lipinski definition) is 0. The maximum atomic E-state index is 13.0. The summed E-state index contributed by atoms with van der Waals surface area (Å²) in [5.41, 5.74) is 6.23. The Morgan fingerprint density at radius 1 is 0.605 bits per heavy atom. The van der Waals surface area contributed by atoms with Crippen molar-refractivity contribution in [1.29, 1.82) is 0 Å². The zero-order chi connectivity index (χ0) is 26.8. The van der Waals surface area contributed by atoms with Gasteiger partial charge in [0.15, 0.2) is 0 Å². The molecule has 0 aliphatic carbocycles. The van der Waals surface area contributed by atoms with E-state index in [1.807, 2.05) is 98.8 Å². The van der Waals surface area contributed by atoms with Gasteiger partial charge in [-0.05, 0) is 48.3 Å².